The van der Waals surface area contributed by atoms with Crippen LogP contribution in [0.5, 0.6) is 0 Å². The normalized spacial score (nSPS) is 36.9. The van der Waals surface area contributed by atoms with Gasteiger partial charge >= 0.3 is 0 Å². The quantitative estimate of drug-likeness (QED) is 0.835. The van der Waals surface area contributed by atoms with Gasteiger partial charge in [-0.2, -0.15) is 0 Å². The number of hydrogen-bond acceptors (Lipinski definition) is 2. The molecule has 0 aromatic rings. The van der Waals surface area contributed by atoms with E-state index in [9.17, 15) is 0 Å². The molecule has 1 aliphatic heterocycles. The van der Waals surface area contributed by atoms with E-state index in [4.69, 9.17) is 4.74 Å². The summed E-state index contributed by atoms with van der Waals surface area (Å²) in [6, 6.07) is 0. The van der Waals surface area contributed by atoms with E-state index in [1.54, 1.807) is 0 Å². The lowest BCUT2D eigenvalue weighted by Gasteiger charge is -2.39. The van der Waals surface area contributed by atoms with Gasteiger partial charge in [0.05, 0.1) is 6.10 Å². The molecule has 116 valence electrons. The molecule has 3 fully saturated rings. The Morgan fingerprint density at radius 1 is 0.800 bits per heavy atom. The molecule has 20 heavy (non-hydrogen) atoms. The highest BCUT2D eigenvalue weighted by Crippen LogP contribution is 2.36. The molecular formula is C18H33NO. The molecule has 1 saturated heterocycles. The first kappa shape index (κ1) is 14.8. The van der Waals surface area contributed by atoms with Crippen LogP contribution < -0.4 is 5.32 Å². The van der Waals surface area contributed by atoms with Crippen molar-refractivity contribution >= 4 is 0 Å². The average molecular weight is 279 g/mol. The van der Waals surface area contributed by atoms with Gasteiger partial charge in [-0.25, -0.2) is 0 Å². The minimum absolute atomic E-state index is 0.579. The number of nitrogens with one attached hydrogen (secondary N) is 1. The van der Waals surface area contributed by atoms with E-state index in [0.717, 1.165) is 24.4 Å². The Morgan fingerprint density at radius 2 is 1.60 bits per heavy atom. The highest BCUT2D eigenvalue weighted by atomic mass is 16.5. The third-order valence-electron chi connectivity index (χ3n) is 5.96. The van der Waals surface area contributed by atoms with Crippen LogP contribution >= 0.6 is 0 Å². The van der Waals surface area contributed by atoms with Crippen molar-refractivity contribution < 1.29 is 4.74 Å². The van der Waals surface area contributed by atoms with Gasteiger partial charge in [-0.3, -0.25) is 0 Å². The Kier molecular flexibility index (Phi) is 5.78. The minimum atomic E-state index is 0.579. The van der Waals surface area contributed by atoms with Crippen LogP contribution in [0.1, 0.15) is 70.6 Å². The first-order chi connectivity index (χ1) is 9.93. The van der Waals surface area contributed by atoms with Crippen molar-refractivity contribution in [1.82, 2.24) is 5.32 Å². The summed E-state index contributed by atoms with van der Waals surface area (Å²) in [5.41, 5.74) is 0. The van der Waals surface area contributed by atoms with Gasteiger partial charge in [0.2, 0.25) is 0 Å². The molecule has 2 saturated carbocycles. The van der Waals surface area contributed by atoms with Crippen LogP contribution in [0.3, 0.4) is 0 Å². The molecule has 3 unspecified atom stereocenters. The third kappa shape index (κ3) is 3.98. The fourth-order valence-corrected chi connectivity index (χ4v) is 4.73. The summed E-state index contributed by atoms with van der Waals surface area (Å²) in [5, 5.41) is 3.60. The molecule has 0 radical (unpaired) electrons. The summed E-state index contributed by atoms with van der Waals surface area (Å²) in [6.45, 7) is 3.53. The Hall–Kier alpha value is -0.0800. The maximum atomic E-state index is 6.46. The predicted molar refractivity (Wildman–Crippen MR) is 83.9 cm³/mol. The molecule has 0 aromatic carbocycles. The summed E-state index contributed by atoms with van der Waals surface area (Å²) in [5.74, 6) is 2.61. The van der Waals surface area contributed by atoms with Gasteiger partial charge in [0, 0.05) is 6.61 Å². The fourth-order valence-electron chi connectivity index (χ4n) is 4.73. The zero-order valence-corrected chi connectivity index (χ0v) is 13.1. The van der Waals surface area contributed by atoms with E-state index in [2.05, 4.69) is 5.32 Å². The van der Waals surface area contributed by atoms with Crippen LogP contribution in [-0.4, -0.2) is 25.8 Å². The SMILES string of the molecule is C1CCC(COC2CCCCC2C2CCCNC2)CC1. The molecule has 1 N–H and O–H groups in total. The highest BCUT2D eigenvalue weighted by Gasteiger charge is 2.33. The summed E-state index contributed by atoms with van der Waals surface area (Å²) in [6.07, 6.45) is 16.1. The maximum Gasteiger partial charge on any atom is 0.0606 e. The molecule has 0 amide bonds. The van der Waals surface area contributed by atoms with E-state index >= 15 is 0 Å². The van der Waals surface area contributed by atoms with Gasteiger partial charge in [-0.15, -0.1) is 0 Å². The van der Waals surface area contributed by atoms with E-state index in [-0.39, 0.29) is 0 Å². The van der Waals surface area contributed by atoms with Crippen LogP contribution in [0.15, 0.2) is 0 Å². The zero-order valence-electron chi connectivity index (χ0n) is 13.1. The number of hydrogen-bond donors (Lipinski definition) is 1. The van der Waals surface area contributed by atoms with Gasteiger partial charge in [-0.05, 0) is 69.4 Å². The first-order valence-corrected chi connectivity index (χ1v) is 9.26. The highest BCUT2D eigenvalue weighted by molar-refractivity contribution is 4.85. The number of rotatable bonds is 4. The Morgan fingerprint density at radius 3 is 2.40 bits per heavy atom. The van der Waals surface area contributed by atoms with Crippen molar-refractivity contribution in [3.05, 3.63) is 0 Å². The zero-order chi connectivity index (χ0) is 13.6. The average Bonchev–Trinajstić information content (AvgIpc) is 2.55. The van der Waals surface area contributed by atoms with Crippen molar-refractivity contribution in [2.24, 2.45) is 17.8 Å². The second-order valence-corrected chi connectivity index (χ2v) is 7.43. The van der Waals surface area contributed by atoms with Crippen molar-refractivity contribution in [2.45, 2.75) is 76.7 Å². The Bertz CT molecular complexity index is 269. The first-order valence-electron chi connectivity index (χ1n) is 9.26. The van der Waals surface area contributed by atoms with Crippen LogP contribution in [0.2, 0.25) is 0 Å². The lowest BCUT2D eigenvalue weighted by Crippen LogP contribution is -2.41. The van der Waals surface area contributed by atoms with Gasteiger partial charge in [0.15, 0.2) is 0 Å². The summed E-state index contributed by atoms with van der Waals surface area (Å²) in [4.78, 5) is 0. The maximum absolute atomic E-state index is 6.46. The molecule has 0 spiro atoms. The molecule has 3 aliphatic rings. The molecule has 2 heteroatoms. The van der Waals surface area contributed by atoms with E-state index in [1.807, 2.05) is 0 Å². The van der Waals surface area contributed by atoms with Crippen LogP contribution in [0, 0.1) is 17.8 Å². The van der Waals surface area contributed by atoms with Crippen molar-refractivity contribution in [2.75, 3.05) is 19.7 Å². The van der Waals surface area contributed by atoms with Gasteiger partial charge in [0.1, 0.15) is 0 Å². The second kappa shape index (κ2) is 7.79. The predicted octanol–water partition coefficient (Wildman–Crippen LogP) is 4.14. The van der Waals surface area contributed by atoms with Gasteiger partial charge in [-0.1, -0.05) is 32.1 Å². The molecular weight excluding hydrogens is 246 g/mol. The molecule has 0 bridgehead atoms. The largest absolute Gasteiger partial charge is 0.378 e. The summed E-state index contributed by atoms with van der Waals surface area (Å²) < 4.78 is 6.46. The number of ether oxygens (including phenoxy) is 1. The minimum Gasteiger partial charge on any atom is -0.378 e. The second-order valence-electron chi connectivity index (χ2n) is 7.43. The molecule has 2 nitrogen and oxygen atoms in total. The Labute approximate surface area is 125 Å². The standard InChI is InChI=1S/C18H33NO/c1-2-7-15(8-3-1)14-20-18-11-5-4-10-17(18)16-9-6-12-19-13-16/h15-19H,1-14H2. The van der Waals surface area contributed by atoms with Gasteiger partial charge in [0.25, 0.3) is 0 Å². The topological polar surface area (TPSA) is 21.3 Å². The van der Waals surface area contributed by atoms with Crippen LogP contribution in [0.25, 0.3) is 0 Å². The molecule has 3 atom stereocenters. The monoisotopic (exact) mass is 279 g/mol. The Balaban J connectivity index is 1.49. The lowest BCUT2D eigenvalue weighted by molar-refractivity contribution is -0.0513. The van der Waals surface area contributed by atoms with Crippen molar-refractivity contribution in [3.8, 4) is 0 Å². The van der Waals surface area contributed by atoms with Crippen molar-refractivity contribution in [1.29, 1.82) is 0 Å². The van der Waals surface area contributed by atoms with Crippen LogP contribution in [0.4, 0.5) is 0 Å². The molecule has 2 aliphatic carbocycles. The van der Waals surface area contributed by atoms with E-state index < -0.39 is 0 Å². The van der Waals surface area contributed by atoms with E-state index in [0.29, 0.717) is 6.10 Å². The lowest BCUT2D eigenvalue weighted by atomic mass is 9.75. The molecule has 3 rings (SSSR count). The van der Waals surface area contributed by atoms with E-state index in [1.165, 1.54) is 83.7 Å². The van der Waals surface area contributed by atoms with Crippen molar-refractivity contribution in [3.63, 3.8) is 0 Å². The van der Waals surface area contributed by atoms with Crippen LogP contribution in [-0.2, 0) is 4.74 Å². The molecule has 1 heterocycles. The molecule has 0 aromatic heterocycles. The number of piperidine rings is 1. The summed E-state index contributed by atoms with van der Waals surface area (Å²) in [7, 11) is 0. The third-order valence-corrected chi connectivity index (χ3v) is 5.96. The smallest absolute Gasteiger partial charge is 0.0606 e. The summed E-state index contributed by atoms with van der Waals surface area (Å²) >= 11 is 0. The van der Waals surface area contributed by atoms with Gasteiger partial charge < -0.3 is 10.1 Å². The fraction of sp³-hybridized carbons (Fsp3) is 1.00.